The smallest absolute Gasteiger partial charge is 0.0833 e. The van der Waals surface area contributed by atoms with E-state index in [0.717, 1.165) is 25.9 Å². The van der Waals surface area contributed by atoms with Gasteiger partial charge in [-0.3, -0.25) is 0 Å². The molecule has 0 aromatic carbocycles. The number of rotatable bonds is 2. The van der Waals surface area contributed by atoms with Crippen LogP contribution in [0.1, 0.15) is 45.4 Å². The Kier molecular flexibility index (Phi) is 4.62. The number of ether oxygens (including phenoxy) is 1. The standard InChI is InChI=1S/C10H20O2/c1-2-12-10-8-6-4-3-5-7-9(10)11/h9-11H,2-8H2,1H3. The largest absolute Gasteiger partial charge is 0.390 e. The minimum Gasteiger partial charge on any atom is -0.390 e. The normalized spacial score (nSPS) is 32.5. The third-order valence-corrected chi connectivity index (χ3v) is 2.55. The van der Waals surface area contributed by atoms with Crippen molar-refractivity contribution < 1.29 is 9.84 Å². The summed E-state index contributed by atoms with van der Waals surface area (Å²) in [7, 11) is 0. The van der Waals surface area contributed by atoms with Crippen molar-refractivity contribution in [3.05, 3.63) is 0 Å². The van der Waals surface area contributed by atoms with Crippen molar-refractivity contribution in [2.75, 3.05) is 6.61 Å². The fourth-order valence-electron chi connectivity index (χ4n) is 1.84. The Morgan fingerprint density at radius 3 is 2.50 bits per heavy atom. The predicted molar refractivity (Wildman–Crippen MR) is 49.1 cm³/mol. The highest BCUT2D eigenvalue weighted by Crippen LogP contribution is 2.19. The Morgan fingerprint density at radius 2 is 1.83 bits per heavy atom. The molecular weight excluding hydrogens is 152 g/mol. The van der Waals surface area contributed by atoms with E-state index in [1.54, 1.807) is 0 Å². The molecule has 1 aliphatic carbocycles. The summed E-state index contributed by atoms with van der Waals surface area (Å²) in [6, 6.07) is 0. The zero-order valence-electron chi connectivity index (χ0n) is 7.96. The summed E-state index contributed by atoms with van der Waals surface area (Å²) in [5.74, 6) is 0. The SMILES string of the molecule is CCOC1CCCCCCC1O. The molecule has 72 valence electrons. The van der Waals surface area contributed by atoms with Crippen LogP contribution in [-0.4, -0.2) is 23.9 Å². The molecule has 0 bridgehead atoms. The first-order valence-electron chi connectivity index (χ1n) is 5.14. The van der Waals surface area contributed by atoms with Crippen molar-refractivity contribution in [1.82, 2.24) is 0 Å². The first-order chi connectivity index (χ1) is 5.84. The zero-order chi connectivity index (χ0) is 8.81. The van der Waals surface area contributed by atoms with Gasteiger partial charge in [0.15, 0.2) is 0 Å². The molecule has 0 heterocycles. The summed E-state index contributed by atoms with van der Waals surface area (Å²) in [4.78, 5) is 0. The molecule has 0 amide bonds. The molecule has 2 heteroatoms. The van der Waals surface area contributed by atoms with Crippen LogP contribution in [0.25, 0.3) is 0 Å². The van der Waals surface area contributed by atoms with E-state index in [-0.39, 0.29) is 12.2 Å². The van der Waals surface area contributed by atoms with Crippen LogP contribution in [0.4, 0.5) is 0 Å². The van der Waals surface area contributed by atoms with Crippen LogP contribution in [0.15, 0.2) is 0 Å². The molecule has 0 saturated heterocycles. The van der Waals surface area contributed by atoms with Crippen LogP contribution in [-0.2, 0) is 4.74 Å². The molecule has 2 unspecified atom stereocenters. The van der Waals surface area contributed by atoms with Crippen LogP contribution in [0.2, 0.25) is 0 Å². The van der Waals surface area contributed by atoms with Gasteiger partial charge < -0.3 is 9.84 Å². The Labute approximate surface area is 74.9 Å². The predicted octanol–water partition coefficient (Wildman–Crippen LogP) is 2.11. The second-order valence-corrected chi connectivity index (χ2v) is 3.55. The quantitative estimate of drug-likeness (QED) is 0.691. The average Bonchev–Trinajstić information content (AvgIpc) is 2.05. The third-order valence-electron chi connectivity index (χ3n) is 2.55. The van der Waals surface area contributed by atoms with Crippen molar-refractivity contribution in [1.29, 1.82) is 0 Å². The molecule has 12 heavy (non-hydrogen) atoms. The lowest BCUT2D eigenvalue weighted by Crippen LogP contribution is -2.30. The van der Waals surface area contributed by atoms with E-state index in [2.05, 4.69) is 0 Å². The van der Waals surface area contributed by atoms with E-state index < -0.39 is 0 Å². The average molecular weight is 172 g/mol. The maximum atomic E-state index is 9.68. The Hall–Kier alpha value is -0.0800. The monoisotopic (exact) mass is 172 g/mol. The molecule has 1 N–H and O–H groups in total. The van der Waals surface area contributed by atoms with E-state index >= 15 is 0 Å². The highest BCUT2D eigenvalue weighted by atomic mass is 16.5. The van der Waals surface area contributed by atoms with Gasteiger partial charge in [-0.2, -0.15) is 0 Å². The van der Waals surface area contributed by atoms with Crippen molar-refractivity contribution in [2.45, 2.75) is 57.7 Å². The first-order valence-corrected chi connectivity index (χ1v) is 5.14. The molecule has 0 spiro atoms. The number of aliphatic hydroxyl groups is 1. The fraction of sp³-hybridized carbons (Fsp3) is 1.00. The molecule has 1 aliphatic rings. The van der Waals surface area contributed by atoms with Crippen molar-refractivity contribution in [3.63, 3.8) is 0 Å². The zero-order valence-corrected chi connectivity index (χ0v) is 7.96. The molecule has 2 nitrogen and oxygen atoms in total. The number of aliphatic hydroxyl groups excluding tert-OH is 1. The lowest BCUT2D eigenvalue weighted by Gasteiger charge is -2.24. The third kappa shape index (κ3) is 3.11. The van der Waals surface area contributed by atoms with Gasteiger partial charge >= 0.3 is 0 Å². The molecule has 1 rings (SSSR count). The van der Waals surface area contributed by atoms with E-state index in [4.69, 9.17) is 4.74 Å². The Balaban J connectivity index is 2.32. The molecule has 2 atom stereocenters. The van der Waals surface area contributed by atoms with Gasteiger partial charge in [0.1, 0.15) is 0 Å². The van der Waals surface area contributed by atoms with Crippen LogP contribution < -0.4 is 0 Å². The lowest BCUT2D eigenvalue weighted by molar-refractivity contribution is -0.0447. The molecule has 1 fully saturated rings. The fourth-order valence-corrected chi connectivity index (χ4v) is 1.84. The van der Waals surface area contributed by atoms with Crippen LogP contribution in [0.3, 0.4) is 0 Å². The van der Waals surface area contributed by atoms with Crippen molar-refractivity contribution >= 4 is 0 Å². The van der Waals surface area contributed by atoms with Gasteiger partial charge in [-0.05, 0) is 19.8 Å². The van der Waals surface area contributed by atoms with Gasteiger partial charge in [0.25, 0.3) is 0 Å². The summed E-state index contributed by atoms with van der Waals surface area (Å²) in [6.07, 6.45) is 6.79. The molecule has 0 aromatic rings. The molecule has 0 aromatic heterocycles. The van der Waals surface area contributed by atoms with E-state index in [1.807, 2.05) is 6.92 Å². The lowest BCUT2D eigenvalue weighted by atomic mass is 9.96. The molecule has 0 aliphatic heterocycles. The minimum absolute atomic E-state index is 0.107. The second-order valence-electron chi connectivity index (χ2n) is 3.55. The van der Waals surface area contributed by atoms with Gasteiger partial charge in [0.05, 0.1) is 12.2 Å². The molecular formula is C10H20O2. The topological polar surface area (TPSA) is 29.5 Å². The maximum Gasteiger partial charge on any atom is 0.0833 e. The van der Waals surface area contributed by atoms with Crippen LogP contribution in [0.5, 0.6) is 0 Å². The molecule has 1 saturated carbocycles. The summed E-state index contributed by atoms with van der Waals surface area (Å²) < 4.78 is 5.48. The minimum atomic E-state index is -0.217. The molecule has 0 radical (unpaired) electrons. The second kappa shape index (κ2) is 5.55. The van der Waals surface area contributed by atoms with E-state index in [9.17, 15) is 5.11 Å². The summed E-state index contributed by atoms with van der Waals surface area (Å²) >= 11 is 0. The number of hydrogen-bond acceptors (Lipinski definition) is 2. The van der Waals surface area contributed by atoms with Gasteiger partial charge in [0.2, 0.25) is 0 Å². The van der Waals surface area contributed by atoms with Gasteiger partial charge in [-0.1, -0.05) is 25.7 Å². The number of hydrogen-bond donors (Lipinski definition) is 1. The summed E-state index contributed by atoms with van der Waals surface area (Å²) in [5, 5.41) is 9.68. The van der Waals surface area contributed by atoms with Crippen LogP contribution >= 0.6 is 0 Å². The first kappa shape index (κ1) is 10.0. The van der Waals surface area contributed by atoms with Crippen LogP contribution in [0, 0.1) is 0 Å². The highest BCUT2D eigenvalue weighted by molar-refractivity contribution is 4.71. The van der Waals surface area contributed by atoms with Crippen molar-refractivity contribution in [3.8, 4) is 0 Å². The van der Waals surface area contributed by atoms with Gasteiger partial charge in [-0.25, -0.2) is 0 Å². The highest BCUT2D eigenvalue weighted by Gasteiger charge is 2.20. The van der Waals surface area contributed by atoms with Gasteiger partial charge in [-0.15, -0.1) is 0 Å². The van der Waals surface area contributed by atoms with Gasteiger partial charge in [0, 0.05) is 6.61 Å². The van der Waals surface area contributed by atoms with Crippen molar-refractivity contribution in [2.24, 2.45) is 0 Å². The van der Waals surface area contributed by atoms with E-state index in [0.29, 0.717) is 0 Å². The Morgan fingerprint density at radius 1 is 1.17 bits per heavy atom. The Bertz CT molecular complexity index is 114. The maximum absolute atomic E-state index is 9.68. The summed E-state index contributed by atoms with van der Waals surface area (Å²) in [6.45, 7) is 2.72. The summed E-state index contributed by atoms with van der Waals surface area (Å²) in [5.41, 5.74) is 0. The van der Waals surface area contributed by atoms with E-state index in [1.165, 1.54) is 19.3 Å².